The molecule has 15 heavy (non-hydrogen) atoms. The van der Waals surface area contributed by atoms with Crippen LogP contribution >= 0.6 is 14.7 Å². The molecule has 2 aliphatic rings. The Morgan fingerprint density at radius 2 is 1.33 bits per heavy atom. The van der Waals surface area contributed by atoms with Crippen LogP contribution in [0.2, 0.25) is 0 Å². The molecule has 2 heterocycles. The van der Waals surface area contributed by atoms with E-state index in [-0.39, 0.29) is 5.41 Å². The minimum Gasteiger partial charge on any atom is -0.328 e. The second-order valence-corrected chi connectivity index (χ2v) is 10.5. The van der Waals surface area contributed by atoms with Gasteiger partial charge in [-0.2, -0.15) is 0 Å². The molecule has 0 N–H and O–H groups in total. The van der Waals surface area contributed by atoms with Crippen molar-refractivity contribution >= 4 is 14.7 Å². The molecular formula is C9H18O4P2. The zero-order valence-corrected chi connectivity index (χ0v) is 11.1. The van der Waals surface area contributed by atoms with Gasteiger partial charge in [-0.25, -0.2) is 0 Å². The maximum absolute atomic E-state index is 11.7. The third kappa shape index (κ3) is 2.74. The molecule has 2 rings (SSSR count). The highest BCUT2D eigenvalue weighted by Crippen LogP contribution is 2.58. The Labute approximate surface area is 90.6 Å². The van der Waals surface area contributed by atoms with Crippen LogP contribution < -0.4 is 0 Å². The van der Waals surface area contributed by atoms with Crippen molar-refractivity contribution in [2.75, 3.05) is 38.9 Å². The first-order chi connectivity index (χ1) is 6.83. The normalized spacial score (nSPS) is 51.9. The highest BCUT2D eigenvalue weighted by atomic mass is 31.2. The molecule has 0 radical (unpaired) electrons. The average molecular weight is 252 g/mol. The van der Waals surface area contributed by atoms with Crippen LogP contribution in [-0.2, 0) is 18.2 Å². The Hall–Kier alpha value is 0.380. The lowest BCUT2D eigenvalue weighted by atomic mass is 9.84. The molecule has 88 valence electrons. The van der Waals surface area contributed by atoms with Gasteiger partial charge < -0.3 is 9.05 Å². The van der Waals surface area contributed by atoms with Crippen LogP contribution in [0.25, 0.3) is 0 Å². The molecule has 4 nitrogen and oxygen atoms in total. The van der Waals surface area contributed by atoms with Gasteiger partial charge in [0.15, 0.2) is 14.7 Å². The van der Waals surface area contributed by atoms with Crippen molar-refractivity contribution in [3.63, 3.8) is 0 Å². The predicted molar refractivity (Wildman–Crippen MR) is 60.4 cm³/mol. The molecule has 0 bridgehead atoms. The van der Waals surface area contributed by atoms with Crippen molar-refractivity contribution in [3.8, 4) is 0 Å². The zero-order chi connectivity index (χ0) is 11.2. The van der Waals surface area contributed by atoms with Gasteiger partial charge in [0.2, 0.25) is 0 Å². The van der Waals surface area contributed by atoms with Gasteiger partial charge in [-0.05, 0) is 12.8 Å². The molecule has 2 fully saturated rings. The topological polar surface area (TPSA) is 52.6 Å². The van der Waals surface area contributed by atoms with E-state index in [9.17, 15) is 9.13 Å². The van der Waals surface area contributed by atoms with E-state index >= 15 is 0 Å². The molecular weight excluding hydrogens is 234 g/mol. The van der Waals surface area contributed by atoms with Gasteiger partial charge >= 0.3 is 0 Å². The quantitative estimate of drug-likeness (QED) is 0.622. The minimum absolute atomic E-state index is 0.0200. The summed E-state index contributed by atoms with van der Waals surface area (Å²) in [6.45, 7) is 4.38. The van der Waals surface area contributed by atoms with Gasteiger partial charge in [-0.3, -0.25) is 9.13 Å². The molecule has 2 unspecified atom stereocenters. The van der Waals surface area contributed by atoms with Crippen LogP contribution in [0.3, 0.4) is 0 Å². The van der Waals surface area contributed by atoms with Gasteiger partial charge in [-0.1, -0.05) is 0 Å². The molecule has 0 aromatic rings. The summed E-state index contributed by atoms with van der Waals surface area (Å²) in [7, 11) is -4.67. The number of rotatable bonds is 0. The SMILES string of the molecule is CP1(=O)CCC2(CCP(C)(=O)OC2)CO1. The van der Waals surface area contributed by atoms with Crippen molar-refractivity contribution in [2.24, 2.45) is 5.41 Å². The second kappa shape index (κ2) is 3.70. The van der Waals surface area contributed by atoms with Crippen LogP contribution in [0.15, 0.2) is 0 Å². The molecule has 0 saturated carbocycles. The largest absolute Gasteiger partial charge is 0.328 e. The fraction of sp³-hybridized carbons (Fsp3) is 1.00. The summed E-state index contributed by atoms with van der Waals surface area (Å²) in [6, 6.07) is 0. The van der Waals surface area contributed by atoms with E-state index in [1.165, 1.54) is 0 Å². The molecule has 1 spiro atoms. The summed E-state index contributed by atoms with van der Waals surface area (Å²) >= 11 is 0. The Morgan fingerprint density at radius 3 is 1.60 bits per heavy atom. The van der Waals surface area contributed by atoms with Gasteiger partial charge in [0, 0.05) is 31.1 Å². The summed E-state index contributed by atoms with van der Waals surface area (Å²) in [5.74, 6) is 0. The monoisotopic (exact) mass is 252 g/mol. The summed E-state index contributed by atoms with van der Waals surface area (Å²) in [5.41, 5.74) is -0.0200. The van der Waals surface area contributed by atoms with Gasteiger partial charge in [0.25, 0.3) is 0 Å². The second-order valence-electron chi connectivity index (χ2n) is 5.02. The van der Waals surface area contributed by atoms with Crippen molar-refractivity contribution < 1.29 is 18.2 Å². The standard InChI is InChI=1S/C9H18O4P2/c1-14(10)5-3-9(7-12-14)4-6-15(2,11)13-8-9/h3-8H2,1-2H3. The van der Waals surface area contributed by atoms with Crippen molar-refractivity contribution in [1.29, 1.82) is 0 Å². The molecule has 6 heteroatoms. The maximum Gasteiger partial charge on any atom is 0.200 e. The predicted octanol–water partition coefficient (Wildman–Crippen LogP) is 2.63. The molecule has 0 aromatic carbocycles. The first-order valence-electron chi connectivity index (χ1n) is 5.25. The molecule has 0 aromatic heterocycles. The van der Waals surface area contributed by atoms with Gasteiger partial charge in [0.05, 0.1) is 13.2 Å². The molecule has 2 atom stereocenters. The highest BCUT2D eigenvalue weighted by molar-refractivity contribution is 7.58. The highest BCUT2D eigenvalue weighted by Gasteiger charge is 2.43. The van der Waals surface area contributed by atoms with Crippen LogP contribution in [-0.4, -0.2) is 38.9 Å². The van der Waals surface area contributed by atoms with Crippen LogP contribution in [0.1, 0.15) is 12.8 Å². The smallest absolute Gasteiger partial charge is 0.200 e. The van der Waals surface area contributed by atoms with Crippen LogP contribution in [0.4, 0.5) is 0 Å². The van der Waals surface area contributed by atoms with Crippen LogP contribution in [0, 0.1) is 5.41 Å². The Balaban J connectivity index is 2.01. The molecule has 0 aliphatic carbocycles. The summed E-state index contributed by atoms with van der Waals surface area (Å²) in [4.78, 5) is 0. The van der Waals surface area contributed by atoms with Gasteiger partial charge in [0.1, 0.15) is 0 Å². The Morgan fingerprint density at radius 1 is 0.933 bits per heavy atom. The van der Waals surface area contributed by atoms with Crippen molar-refractivity contribution in [1.82, 2.24) is 0 Å². The molecule has 0 amide bonds. The lowest BCUT2D eigenvalue weighted by Crippen LogP contribution is -2.39. The average Bonchev–Trinajstić information content (AvgIpc) is 2.15. The van der Waals surface area contributed by atoms with Crippen molar-refractivity contribution in [2.45, 2.75) is 12.8 Å². The van der Waals surface area contributed by atoms with E-state index in [1.54, 1.807) is 13.3 Å². The van der Waals surface area contributed by atoms with Gasteiger partial charge in [-0.15, -0.1) is 0 Å². The van der Waals surface area contributed by atoms with E-state index in [4.69, 9.17) is 9.05 Å². The van der Waals surface area contributed by atoms with E-state index in [0.29, 0.717) is 25.5 Å². The first kappa shape index (κ1) is 11.9. The van der Waals surface area contributed by atoms with Crippen LogP contribution in [0.5, 0.6) is 0 Å². The van der Waals surface area contributed by atoms with E-state index < -0.39 is 14.7 Å². The molecule has 2 aliphatic heterocycles. The lowest BCUT2D eigenvalue weighted by molar-refractivity contribution is 0.0480. The lowest BCUT2D eigenvalue weighted by Gasteiger charge is -2.42. The minimum atomic E-state index is -2.34. The maximum atomic E-state index is 11.7. The third-order valence-electron chi connectivity index (χ3n) is 3.38. The van der Waals surface area contributed by atoms with E-state index in [1.807, 2.05) is 0 Å². The molecule has 2 saturated heterocycles. The Bertz CT molecular complexity index is 291. The first-order valence-corrected chi connectivity index (χ1v) is 9.76. The van der Waals surface area contributed by atoms with E-state index in [2.05, 4.69) is 0 Å². The summed E-state index contributed by atoms with van der Waals surface area (Å²) < 4.78 is 34.2. The third-order valence-corrected chi connectivity index (χ3v) is 6.81. The fourth-order valence-electron chi connectivity index (χ4n) is 2.01. The number of hydrogen-bond acceptors (Lipinski definition) is 4. The Kier molecular flexibility index (Phi) is 2.92. The number of hydrogen-bond donors (Lipinski definition) is 0. The van der Waals surface area contributed by atoms with Crippen molar-refractivity contribution in [3.05, 3.63) is 0 Å². The zero-order valence-electron chi connectivity index (χ0n) is 9.27. The van der Waals surface area contributed by atoms with E-state index in [0.717, 1.165) is 12.8 Å². The fourth-order valence-corrected chi connectivity index (χ4v) is 5.13. The summed E-state index contributed by atoms with van der Waals surface area (Å²) in [6.07, 6.45) is 3.01. The summed E-state index contributed by atoms with van der Waals surface area (Å²) in [5, 5.41) is 0.